The van der Waals surface area contributed by atoms with E-state index in [9.17, 15) is 5.11 Å². The Morgan fingerprint density at radius 2 is 1.36 bits per heavy atom. The van der Waals surface area contributed by atoms with Gasteiger partial charge in [-0.3, -0.25) is 0 Å². The Balaban J connectivity index is 1.73. The van der Waals surface area contributed by atoms with Crippen molar-refractivity contribution in [3.63, 3.8) is 0 Å². The topological polar surface area (TPSA) is 32.3 Å². The van der Waals surface area contributed by atoms with E-state index in [1.807, 2.05) is 12.1 Å². The van der Waals surface area contributed by atoms with Crippen LogP contribution in [0.3, 0.4) is 0 Å². The SMILES string of the molecule is CC[C@@H]1[C@H](c2ccccc2)N[C@@H](c2ccccc2)C[C@@]1(O)Cc1ccccc1. The van der Waals surface area contributed by atoms with Gasteiger partial charge >= 0.3 is 0 Å². The first kappa shape index (κ1) is 18.9. The lowest BCUT2D eigenvalue weighted by Gasteiger charge is -2.49. The van der Waals surface area contributed by atoms with Crippen molar-refractivity contribution in [2.75, 3.05) is 0 Å². The van der Waals surface area contributed by atoms with Gasteiger partial charge in [0.1, 0.15) is 0 Å². The average molecular weight is 372 g/mol. The number of hydrogen-bond donors (Lipinski definition) is 2. The molecule has 1 fully saturated rings. The number of piperidine rings is 1. The van der Waals surface area contributed by atoms with Crippen LogP contribution in [0, 0.1) is 5.92 Å². The second-order valence-electron chi connectivity index (χ2n) is 8.00. The van der Waals surface area contributed by atoms with Crippen LogP contribution in [0.25, 0.3) is 0 Å². The van der Waals surface area contributed by atoms with Crippen LogP contribution < -0.4 is 5.32 Å². The molecular weight excluding hydrogens is 342 g/mol. The van der Waals surface area contributed by atoms with Crippen molar-refractivity contribution in [1.29, 1.82) is 0 Å². The van der Waals surface area contributed by atoms with Crippen LogP contribution >= 0.6 is 0 Å². The van der Waals surface area contributed by atoms with Gasteiger partial charge in [-0.1, -0.05) is 97.9 Å². The van der Waals surface area contributed by atoms with Crippen molar-refractivity contribution in [3.8, 4) is 0 Å². The van der Waals surface area contributed by atoms with Crippen molar-refractivity contribution in [2.45, 2.75) is 43.9 Å². The molecule has 144 valence electrons. The molecular formula is C26H29NO. The Morgan fingerprint density at radius 1 is 0.821 bits per heavy atom. The molecule has 4 atom stereocenters. The van der Waals surface area contributed by atoms with Crippen LogP contribution in [0.15, 0.2) is 91.0 Å². The van der Waals surface area contributed by atoms with E-state index in [1.165, 1.54) is 16.7 Å². The fourth-order valence-electron chi connectivity index (χ4n) is 4.86. The average Bonchev–Trinajstić information content (AvgIpc) is 2.75. The Morgan fingerprint density at radius 3 is 1.93 bits per heavy atom. The third-order valence-corrected chi connectivity index (χ3v) is 6.18. The molecule has 0 aliphatic carbocycles. The molecule has 3 aromatic carbocycles. The minimum atomic E-state index is -0.762. The van der Waals surface area contributed by atoms with Crippen LogP contribution in [0.1, 0.15) is 48.5 Å². The molecule has 1 aliphatic heterocycles. The first-order valence-corrected chi connectivity index (χ1v) is 10.3. The smallest absolute Gasteiger partial charge is 0.0752 e. The second-order valence-corrected chi connectivity index (χ2v) is 8.00. The van der Waals surface area contributed by atoms with Gasteiger partial charge in [0.15, 0.2) is 0 Å². The molecule has 0 spiro atoms. The molecule has 1 heterocycles. The van der Waals surface area contributed by atoms with Gasteiger partial charge < -0.3 is 10.4 Å². The minimum Gasteiger partial charge on any atom is -0.389 e. The number of nitrogens with one attached hydrogen (secondary N) is 1. The summed E-state index contributed by atoms with van der Waals surface area (Å²) in [6.07, 6.45) is 2.33. The lowest BCUT2D eigenvalue weighted by molar-refractivity contribution is -0.0761. The van der Waals surface area contributed by atoms with Crippen molar-refractivity contribution in [1.82, 2.24) is 5.32 Å². The normalized spacial score (nSPS) is 27.4. The fraction of sp³-hybridized carbons (Fsp3) is 0.308. The number of rotatable bonds is 5. The largest absolute Gasteiger partial charge is 0.389 e. The highest BCUT2D eigenvalue weighted by Gasteiger charge is 2.47. The van der Waals surface area contributed by atoms with Crippen molar-refractivity contribution >= 4 is 0 Å². The van der Waals surface area contributed by atoms with Gasteiger partial charge in [-0.05, 0) is 29.5 Å². The molecule has 0 aromatic heterocycles. The highest BCUT2D eigenvalue weighted by molar-refractivity contribution is 5.28. The first-order chi connectivity index (χ1) is 13.7. The predicted molar refractivity (Wildman–Crippen MR) is 115 cm³/mol. The van der Waals surface area contributed by atoms with E-state index in [0.717, 1.165) is 6.42 Å². The first-order valence-electron chi connectivity index (χ1n) is 10.3. The van der Waals surface area contributed by atoms with E-state index in [4.69, 9.17) is 0 Å². The standard InChI is InChI=1S/C26H29NO/c1-2-23-25(22-16-10-5-11-17-22)27-24(21-14-8-4-9-15-21)19-26(23,28)18-20-12-6-3-7-13-20/h3-17,23-25,27-28H,2,18-19H2,1H3/t23-,24-,25+,26+/m1/s1. The molecule has 3 aromatic rings. The summed E-state index contributed by atoms with van der Waals surface area (Å²) in [5.74, 6) is 0.148. The van der Waals surface area contributed by atoms with Gasteiger partial charge in [0, 0.05) is 24.4 Å². The van der Waals surface area contributed by atoms with Crippen LogP contribution in [-0.2, 0) is 6.42 Å². The Hall–Kier alpha value is -2.42. The molecule has 2 N–H and O–H groups in total. The monoisotopic (exact) mass is 371 g/mol. The van der Waals surface area contributed by atoms with E-state index in [0.29, 0.717) is 12.8 Å². The van der Waals surface area contributed by atoms with Crippen molar-refractivity contribution < 1.29 is 5.11 Å². The van der Waals surface area contributed by atoms with Gasteiger partial charge in [0.25, 0.3) is 0 Å². The Bertz CT molecular complexity index is 865. The predicted octanol–water partition coefficient (Wildman–Crippen LogP) is 5.46. The summed E-state index contributed by atoms with van der Waals surface area (Å²) in [7, 11) is 0. The number of aliphatic hydroxyl groups is 1. The zero-order valence-electron chi connectivity index (χ0n) is 16.5. The van der Waals surface area contributed by atoms with Crippen LogP contribution in [0.2, 0.25) is 0 Å². The maximum absolute atomic E-state index is 12.0. The summed E-state index contributed by atoms with van der Waals surface area (Å²) in [5.41, 5.74) is 2.93. The summed E-state index contributed by atoms with van der Waals surface area (Å²) < 4.78 is 0. The molecule has 4 rings (SSSR count). The summed E-state index contributed by atoms with van der Waals surface area (Å²) in [6, 6.07) is 31.8. The molecule has 28 heavy (non-hydrogen) atoms. The summed E-state index contributed by atoms with van der Waals surface area (Å²) in [6.45, 7) is 2.20. The molecule has 0 amide bonds. The van der Waals surface area contributed by atoms with Gasteiger partial charge in [-0.25, -0.2) is 0 Å². The number of benzene rings is 3. The second kappa shape index (κ2) is 8.30. The maximum atomic E-state index is 12.0. The van der Waals surface area contributed by atoms with E-state index < -0.39 is 5.60 Å². The summed E-state index contributed by atoms with van der Waals surface area (Å²) in [4.78, 5) is 0. The van der Waals surface area contributed by atoms with Gasteiger partial charge in [0.2, 0.25) is 0 Å². The number of hydrogen-bond acceptors (Lipinski definition) is 2. The zero-order valence-corrected chi connectivity index (χ0v) is 16.5. The quantitative estimate of drug-likeness (QED) is 0.624. The molecule has 2 heteroatoms. The van der Waals surface area contributed by atoms with E-state index in [1.54, 1.807) is 0 Å². The fourth-order valence-corrected chi connectivity index (χ4v) is 4.86. The maximum Gasteiger partial charge on any atom is 0.0752 e. The Labute approximate surface area is 168 Å². The molecule has 0 saturated carbocycles. The zero-order chi connectivity index (χ0) is 19.4. The minimum absolute atomic E-state index is 0.124. The van der Waals surface area contributed by atoms with Gasteiger partial charge in [-0.2, -0.15) is 0 Å². The summed E-state index contributed by atoms with van der Waals surface area (Å²) >= 11 is 0. The molecule has 2 nitrogen and oxygen atoms in total. The molecule has 0 unspecified atom stereocenters. The molecule has 1 aliphatic rings. The van der Waals surface area contributed by atoms with E-state index in [2.05, 4.69) is 91.1 Å². The molecule has 0 radical (unpaired) electrons. The highest BCUT2D eigenvalue weighted by Crippen LogP contribution is 2.46. The van der Waals surface area contributed by atoms with Crippen LogP contribution in [-0.4, -0.2) is 10.7 Å². The Kier molecular flexibility index (Phi) is 5.61. The van der Waals surface area contributed by atoms with Gasteiger partial charge in [-0.15, -0.1) is 0 Å². The summed E-state index contributed by atoms with van der Waals surface area (Å²) in [5, 5.41) is 15.9. The van der Waals surface area contributed by atoms with Crippen LogP contribution in [0.5, 0.6) is 0 Å². The third-order valence-electron chi connectivity index (χ3n) is 6.18. The lowest BCUT2D eigenvalue weighted by Crippen LogP contribution is -2.54. The van der Waals surface area contributed by atoms with Gasteiger partial charge in [0.05, 0.1) is 5.60 Å². The molecule has 1 saturated heterocycles. The van der Waals surface area contributed by atoms with Crippen molar-refractivity contribution in [3.05, 3.63) is 108 Å². The highest BCUT2D eigenvalue weighted by atomic mass is 16.3. The molecule has 0 bridgehead atoms. The third kappa shape index (κ3) is 3.89. The van der Waals surface area contributed by atoms with E-state index >= 15 is 0 Å². The van der Waals surface area contributed by atoms with Crippen LogP contribution in [0.4, 0.5) is 0 Å². The lowest BCUT2D eigenvalue weighted by atomic mass is 9.67. The van der Waals surface area contributed by atoms with Crippen molar-refractivity contribution in [2.24, 2.45) is 5.92 Å². The van der Waals surface area contributed by atoms with E-state index in [-0.39, 0.29) is 18.0 Å².